The molecule has 0 spiro atoms. The van der Waals surface area contributed by atoms with E-state index in [1.54, 1.807) is 7.11 Å². The summed E-state index contributed by atoms with van der Waals surface area (Å²) in [7, 11) is 1.69. The smallest absolute Gasteiger partial charge is 0.126 e. The van der Waals surface area contributed by atoms with Crippen molar-refractivity contribution >= 4 is 0 Å². The number of nitrogens with one attached hydrogen (secondary N) is 1. The Balaban J connectivity index is 2.14. The van der Waals surface area contributed by atoms with Gasteiger partial charge in [0.05, 0.1) is 7.11 Å². The summed E-state index contributed by atoms with van der Waals surface area (Å²) in [6, 6.07) is 6.25. The maximum Gasteiger partial charge on any atom is 0.126 e. The van der Waals surface area contributed by atoms with E-state index in [9.17, 15) is 0 Å². The average Bonchev–Trinajstić information content (AvgIpc) is 2.35. The zero-order valence-electron chi connectivity index (χ0n) is 9.53. The predicted molar refractivity (Wildman–Crippen MR) is 64.2 cm³/mol. The van der Waals surface area contributed by atoms with Gasteiger partial charge in [-0.1, -0.05) is 12.1 Å². The molecule has 16 heavy (non-hydrogen) atoms. The molecular formula is C13H17NO2. The summed E-state index contributed by atoms with van der Waals surface area (Å²) < 4.78 is 11.0. The standard InChI is InChI=1S/C13H17NO2/c1-3-7-14-10-8-11-12(15-2)5-4-6-13(11)16-9-10/h3-6,10,14H,1,7-9H2,2H3. The van der Waals surface area contributed by atoms with Gasteiger partial charge in [0, 0.05) is 18.2 Å². The fourth-order valence-corrected chi connectivity index (χ4v) is 1.95. The highest BCUT2D eigenvalue weighted by atomic mass is 16.5. The van der Waals surface area contributed by atoms with Crippen molar-refractivity contribution in [3.63, 3.8) is 0 Å². The van der Waals surface area contributed by atoms with Gasteiger partial charge in [-0.25, -0.2) is 0 Å². The van der Waals surface area contributed by atoms with Crippen molar-refractivity contribution in [1.82, 2.24) is 5.32 Å². The third kappa shape index (κ3) is 2.19. The lowest BCUT2D eigenvalue weighted by atomic mass is 10.0. The lowest BCUT2D eigenvalue weighted by molar-refractivity contribution is 0.238. The minimum Gasteiger partial charge on any atom is -0.496 e. The van der Waals surface area contributed by atoms with Gasteiger partial charge in [-0.3, -0.25) is 0 Å². The topological polar surface area (TPSA) is 30.5 Å². The third-order valence-corrected chi connectivity index (χ3v) is 2.75. The van der Waals surface area contributed by atoms with E-state index in [0.717, 1.165) is 30.0 Å². The van der Waals surface area contributed by atoms with Crippen LogP contribution >= 0.6 is 0 Å². The molecule has 0 fully saturated rings. The van der Waals surface area contributed by atoms with Gasteiger partial charge in [-0.15, -0.1) is 6.58 Å². The molecule has 0 bridgehead atoms. The number of fused-ring (bicyclic) bond motifs is 1. The molecule has 0 aliphatic carbocycles. The fraction of sp³-hybridized carbons (Fsp3) is 0.385. The SMILES string of the molecule is C=CCNC1COc2cccc(OC)c2C1. The maximum atomic E-state index is 5.70. The molecule has 1 aromatic rings. The molecule has 0 aromatic heterocycles. The number of benzene rings is 1. The van der Waals surface area contributed by atoms with Crippen LogP contribution in [0.15, 0.2) is 30.9 Å². The first-order chi connectivity index (χ1) is 7.85. The summed E-state index contributed by atoms with van der Waals surface area (Å²) in [6.07, 6.45) is 2.80. The molecule has 1 aromatic carbocycles. The van der Waals surface area contributed by atoms with Gasteiger partial charge in [0.15, 0.2) is 0 Å². The number of methoxy groups -OCH3 is 1. The minimum atomic E-state index is 0.335. The van der Waals surface area contributed by atoms with Crippen molar-refractivity contribution in [3.05, 3.63) is 36.4 Å². The van der Waals surface area contributed by atoms with E-state index in [-0.39, 0.29) is 0 Å². The molecule has 1 atom stereocenters. The molecule has 2 rings (SSSR count). The monoisotopic (exact) mass is 219 g/mol. The summed E-state index contributed by atoms with van der Waals surface area (Å²) in [4.78, 5) is 0. The molecule has 1 aliphatic rings. The molecule has 0 amide bonds. The van der Waals surface area contributed by atoms with E-state index in [1.807, 2.05) is 24.3 Å². The van der Waals surface area contributed by atoms with Crippen molar-refractivity contribution in [2.75, 3.05) is 20.3 Å². The molecule has 0 saturated heterocycles. The van der Waals surface area contributed by atoms with Crippen LogP contribution < -0.4 is 14.8 Å². The van der Waals surface area contributed by atoms with Crippen molar-refractivity contribution < 1.29 is 9.47 Å². The van der Waals surface area contributed by atoms with E-state index in [1.165, 1.54) is 0 Å². The first kappa shape index (κ1) is 11.0. The molecule has 3 heteroatoms. The Morgan fingerprint density at radius 2 is 2.50 bits per heavy atom. The summed E-state index contributed by atoms with van der Waals surface area (Å²) in [6.45, 7) is 5.20. The van der Waals surface area contributed by atoms with Crippen LogP contribution in [0.1, 0.15) is 5.56 Å². The fourth-order valence-electron chi connectivity index (χ4n) is 1.95. The lowest BCUT2D eigenvalue weighted by Crippen LogP contribution is -2.39. The summed E-state index contributed by atoms with van der Waals surface area (Å²) in [5, 5.41) is 3.36. The Hall–Kier alpha value is -1.48. The number of rotatable bonds is 4. The second kappa shape index (κ2) is 5.03. The van der Waals surface area contributed by atoms with E-state index in [0.29, 0.717) is 12.6 Å². The molecule has 1 aliphatic heterocycles. The van der Waals surface area contributed by atoms with E-state index < -0.39 is 0 Å². The number of hydrogen-bond donors (Lipinski definition) is 1. The van der Waals surface area contributed by atoms with Crippen LogP contribution in [0.5, 0.6) is 11.5 Å². The lowest BCUT2D eigenvalue weighted by Gasteiger charge is -2.27. The zero-order valence-corrected chi connectivity index (χ0v) is 9.53. The summed E-state index contributed by atoms with van der Waals surface area (Å²) in [5.74, 6) is 1.85. The van der Waals surface area contributed by atoms with Crippen LogP contribution in [0.3, 0.4) is 0 Å². The Morgan fingerprint density at radius 1 is 1.62 bits per heavy atom. The van der Waals surface area contributed by atoms with Crippen LogP contribution in [0.25, 0.3) is 0 Å². The van der Waals surface area contributed by atoms with Gasteiger partial charge in [-0.2, -0.15) is 0 Å². The van der Waals surface area contributed by atoms with Gasteiger partial charge >= 0.3 is 0 Å². The molecule has 1 heterocycles. The van der Waals surface area contributed by atoms with E-state index >= 15 is 0 Å². The van der Waals surface area contributed by atoms with Gasteiger partial charge in [0.1, 0.15) is 18.1 Å². The van der Waals surface area contributed by atoms with Crippen LogP contribution in [0, 0.1) is 0 Å². The van der Waals surface area contributed by atoms with E-state index in [2.05, 4.69) is 11.9 Å². The zero-order chi connectivity index (χ0) is 11.4. The van der Waals surface area contributed by atoms with Gasteiger partial charge in [0.25, 0.3) is 0 Å². The highest BCUT2D eigenvalue weighted by Gasteiger charge is 2.21. The molecular weight excluding hydrogens is 202 g/mol. The second-order valence-electron chi connectivity index (χ2n) is 3.85. The summed E-state index contributed by atoms with van der Waals surface area (Å²) in [5.41, 5.74) is 1.15. The van der Waals surface area contributed by atoms with Crippen LogP contribution in [-0.2, 0) is 6.42 Å². The highest BCUT2D eigenvalue weighted by Crippen LogP contribution is 2.32. The second-order valence-corrected chi connectivity index (χ2v) is 3.85. The molecule has 3 nitrogen and oxygen atoms in total. The van der Waals surface area contributed by atoms with Crippen LogP contribution in [0.4, 0.5) is 0 Å². The average molecular weight is 219 g/mol. The largest absolute Gasteiger partial charge is 0.496 e. The first-order valence-corrected chi connectivity index (χ1v) is 5.48. The van der Waals surface area contributed by atoms with Crippen molar-refractivity contribution in [2.24, 2.45) is 0 Å². The number of ether oxygens (including phenoxy) is 2. The quantitative estimate of drug-likeness (QED) is 0.783. The van der Waals surface area contributed by atoms with E-state index in [4.69, 9.17) is 9.47 Å². The van der Waals surface area contributed by atoms with Gasteiger partial charge in [0.2, 0.25) is 0 Å². The minimum absolute atomic E-state index is 0.335. The van der Waals surface area contributed by atoms with Gasteiger partial charge < -0.3 is 14.8 Å². The highest BCUT2D eigenvalue weighted by molar-refractivity contribution is 5.46. The Kier molecular flexibility index (Phi) is 3.47. The van der Waals surface area contributed by atoms with Crippen molar-refractivity contribution in [1.29, 1.82) is 0 Å². The van der Waals surface area contributed by atoms with Crippen molar-refractivity contribution in [3.8, 4) is 11.5 Å². The predicted octanol–water partition coefficient (Wildman–Crippen LogP) is 1.77. The maximum absolute atomic E-state index is 5.70. The Bertz CT molecular complexity index is 362. The molecule has 1 unspecified atom stereocenters. The molecule has 0 radical (unpaired) electrons. The first-order valence-electron chi connectivity index (χ1n) is 5.48. The number of hydrogen-bond acceptors (Lipinski definition) is 3. The third-order valence-electron chi connectivity index (χ3n) is 2.75. The summed E-state index contributed by atoms with van der Waals surface area (Å²) >= 11 is 0. The van der Waals surface area contributed by atoms with Gasteiger partial charge in [-0.05, 0) is 18.6 Å². The Morgan fingerprint density at radius 3 is 3.25 bits per heavy atom. The van der Waals surface area contributed by atoms with Crippen LogP contribution in [-0.4, -0.2) is 26.3 Å². The Labute approximate surface area is 96.1 Å². The molecule has 1 N–H and O–H groups in total. The molecule has 0 saturated carbocycles. The normalized spacial score (nSPS) is 18.4. The molecule has 86 valence electrons. The van der Waals surface area contributed by atoms with Crippen molar-refractivity contribution in [2.45, 2.75) is 12.5 Å². The van der Waals surface area contributed by atoms with Crippen LogP contribution in [0.2, 0.25) is 0 Å².